The van der Waals surface area contributed by atoms with E-state index >= 15 is 0 Å². The highest BCUT2D eigenvalue weighted by Gasteiger charge is 2.52. The topological polar surface area (TPSA) is 66.5 Å². The molecule has 186 valence electrons. The van der Waals surface area contributed by atoms with Gasteiger partial charge in [-0.3, -0.25) is 0 Å². The van der Waals surface area contributed by atoms with Crippen molar-refractivity contribution in [1.29, 1.82) is 0 Å². The van der Waals surface area contributed by atoms with Crippen LogP contribution in [0, 0.1) is 13.8 Å². The molecular weight excluding hydrogens is 448 g/mol. The quantitative estimate of drug-likeness (QED) is 0.256. The summed E-state index contributed by atoms with van der Waals surface area (Å²) in [4.78, 5) is 13.5. The number of benzene rings is 3. The van der Waals surface area contributed by atoms with Gasteiger partial charge in [-0.15, -0.1) is 0 Å². The van der Waals surface area contributed by atoms with Crippen molar-refractivity contribution in [2.75, 3.05) is 19.5 Å². The van der Waals surface area contributed by atoms with Gasteiger partial charge >= 0.3 is 5.97 Å². The monoisotopic (exact) mass is 482 g/mol. The van der Waals surface area contributed by atoms with Crippen molar-refractivity contribution in [2.24, 2.45) is 0 Å². The van der Waals surface area contributed by atoms with Crippen LogP contribution in [0.5, 0.6) is 0 Å². The highest BCUT2D eigenvalue weighted by atomic mass is 16.6. The van der Waals surface area contributed by atoms with E-state index in [-0.39, 0.29) is 5.97 Å². The number of methoxy groups -OCH3 is 1. The molecule has 0 saturated carbocycles. The molecule has 1 unspecified atom stereocenters. The van der Waals surface area contributed by atoms with Crippen molar-refractivity contribution in [2.45, 2.75) is 52.7 Å². The van der Waals surface area contributed by atoms with E-state index in [9.17, 15) is 4.79 Å². The number of anilines is 1. The molecule has 2 heterocycles. The summed E-state index contributed by atoms with van der Waals surface area (Å²) < 4.78 is 14.3. The Kier molecular flexibility index (Phi) is 6.13. The lowest BCUT2D eigenvalue weighted by Gasteiger charge is -2.34. The minimum atomic E-state index is -1.08. The summed E-state index contributed by atoms with van der Waals surface area (Å²) in [5.74, 6) is -0.300. The number of aromatic nitrogens is 1. The fourth-order valence-electron chi connectivity index (χ4n) is 6.12. The first-order valence-electron chi connectivity index (χ1n) is 12.7. The number of carbonyl (C=O) groups excluding carboxylic acids is 1. The van der Waals surface area contributed by atoms with Gasteiger partial charge in [0.1, 0.15) is 0 Å². The van der Waals surface area contributed by atoms with Crippen LogP contribution in [-0.2, 0) is 34.5 Å². The molecule has 0 radical (unpaired) electrons. The number of para-hydroxylation sites is 1. The van der Waals surface area contributed by atoms with Crippen LogP contribution in [0.3, 0.4) is 0 Å². The van der Waals surface area contributed by atoms with Crippen LogP contribution in [0.2, 0.25) is 0 Å². The normalized spacial score (nSPS) is 17.0. The molecule has 1 aromatic heterocycles. The van der Waals surface area contributed by atoms with Crippen molar-refractivity contribution < 1.29 is 14.3 Å². The maximum Gasteiger partial charge on any atom is 0.340 e. The van der Waals surface area contributed by atoms with Crippen molar-refractivity contribution in [3.8, 4) is 0 Å². The van der Waals surface area contributed by atoms with E-state index in [0.29, 0.717) is 18.7 Å². The predicted octanol–water partition coefficient (Wildman–Crippen LogP) is 6.07. The Hall–Kier alpha value is -3.57. The minimum Gasteiger partial charge on any atom is -0.440 e. The molecule has 0 fully saturated rings. The Labute approximate surface area is 212 Å². The number of carbonyl (C=O) groups is 1. The summed E-state index contributed by atoms with van der Waals surface area (Å²) in [7, 11) is 1.72. The molecule has 3 aromatic carbocycles. The number of nitrogens with zero attached hydrogens (tertiary/aromatic N) is 1. The third kappa shape index (κ3) is 3.30. The average Bonchev–Trinajstić information content (AvgIpc) is 3.34. The lowest BCUT2D eigenvalue weighted by molar-refractivity contribution is 0.0251. The number of nitrogens with two attached hydrogens (primary N) is 1. The van der Waals surface area contributed by atoms with E-state index in [2.05, 4.69) is 56.5 Å². The lowest BCUT2D eigenvalue weighted by atomic mass is 9.75. The summed E-state index contributed by atoms with van der Waals surface area (Å²) in [5, 5.41) is 1.07. The van der Waals surface area contributed by atoms with Crippen LogP contribution in [0.4, 0.5) is 5.69 Å². The summed E-state index contributed by atoms with van der Waals surface area (Å²) in [5.41, 5.74) is 15.3. The second-order valence-electron chi connectivity index (χ2n) is 9.55. The molecular formula is C31H34N2O3. The maximum atomic E-state index is 13.5. The zero-order chi connectivity index (χ0) is 25.6. The van der Waals surface area contributed by atoms with E-state index in [0.717, 1.165) is 68.5 Å². The average molecular weight is 483 g/mol. The van der Waals surface area contributed by atoms with Crippen molar-refractivity contribution in [3.05, 3.63) is 99.2 Å². The van der Waals surface area contributed by atoms with Gasteiger partial charge in [0.05, 0.1) is 12.2 Å². The molecule has 0 amide bonds. The molecule has 5 rings (SSSR count). The Morgan fingerprint density at radius 1 is 1.00 bits per heavy atom. The molecule has 1 aliphatic heterocycles. The molecule has 1 aliphatic rings. The summed E-state index contributed by atoms with van der Waals surface area (Å²) >= 11 is 0. The zero-order valence-electron chi connectivity index (χ0n) is 21.8. The van der Waals surface area contributed by atoms with Gasteiger partial charge in [0.25, 0.3) is 0 Å². The largest absolute Gasteiger partial charge is 0.440 e. The second kappa shape index (κ2) is 9.14. The smallest absolute Gasteiger partial charge is 0.340 e. The number of rotatable bonds is 7. The first-order chi connectivity index (χ1) is 17.4. The molecule has 4 aromatic rings. The number of esters is 1. The van der Waals surface area contributed by atoms with Gasteiger partial charge in [-0.2, -0.15) is 0 Å². The maximum absolute atomic E-state index is 13.5. The standard InChI is InChI=1S/C31H34N2O3/c1-6-21-18-26(19(3)22(7-2)29(21)32)31(25-14-10-8-12-23(25)30(34)36-31)28-20(4)33(16-17-35-5)27-15-11-9-13-24(27)28/h8-15,18H,6-7,16-17,32H2,1-5H3. The van der Waals surface area contributed by atoms with Gasteiger partial charge in [-0.25, -0.2) is 4.79 Å². The molecule has 0 saturated heterocycles. The summed E-state index contributed by atoms with van der Waals surface area (Å²) in [6.07, 6.45) is 1.60. The molecule has 36 heavy (non-hydrogen) atoms. The molecule has 0 aliphatic carbocycles. The van der Waals surface area contributed by atoms with Gasteiger partial charge in [-0.05, 0) is 61.6 Å². The fraction of sp³-hybridized carbons (Fsp3) is 0.323. The van der Waals surface area contributed by atoms with Crippen LogP contribution in [0.15, 0.2) is 54.6 Å². The highest BCUT2D eigenvalue weighted by molar-refractivity contribution is 5.99. The van der Waals surface area contributed by atoms with Crippen LogP contribution in [0.25, 0.3) is 10.9 Å². The Morgan fingerprint density at radius 3 is 2.44 bits per heavy atom. The van der Waals surface area contributed by atoms with Crippen molar-refractivity contribution in [3.63, 3.8) is 0 Å². The van der Waals surface area contributed by atoms with Crippen LogP contribution >= 0.6 is 0 Å². The number of aryl methyl sites for hydroxylation is 1. The molecule has 2 N–H and O–H groups in total. The van der Waals surface area contributed by atoms with Crippen LogP contribution < -0.4 is 5.73 Å². The molecule has 5 nitrogen and oxygen atoms in total. The van der Waals surface area contributed by atoms with Crippen molar-refractivity contribution >= 4 is 22.6 Å². The van der Waals surface area contributed by atoms with Crippen molar-refractivity contribution in [1.82, 2.24) is 4.57 Å². The van der Waals surface area contributed by atoms with E-state index < -0.39 is 5.60 Å². The molecule has 5 heteroatoms. The van der Waals surface area contributed by atoms with E-state index in [1.165, 1.54) is 0 Å². The van der Waals surface area contributed by atoms with Gasteiger partial charge in [0, 0.05) is 52.6 Å². The minimum absolute atomic E-state index is 0.300. The fourth-order valence-corrected chi connectivity index (χ4v) is 6.12. The molecule has 0 spiro atoms. The van der Waals surface area contributed by atoms with E-state index in [4.69, 9.17) is 15.2 Å². The van der Waals surface area contributed by atoms with Crippen LogP contribution in [-0.4, -0.2) is 24.3 Å². The Balaban J connectivity index is 1.97. The van der Waals surface area contributed by atoms with Gasteiger partial charge in [0.15, 0.2) is 5.60 Å². The third-order valence-corrected chi connectivity index (χ3v) is 7.83. The molecule has 0 bridgehead atoms. The second-order valence-corrected chi connectivity index (χ2v) is 9.55. The number of ether oxygens (including phenoxy) is 2. The van der Waals surface area contributed by atoms with Crippen LogP contribution in [0.1, 0.15) is 63.3 Å². The Bertz CT molecular complexity index is 1480. The first-order valence-corrected chi connectivity index (χ1v) is 12.7. The highest BCUT2D eigenvalue weighted by Crippen LogP contribution is 2.52. The van der Waals surface area contributed by atoms with E-state index in [1.807, 2.05) is 30.3 Å². The van der Waals surface area contributed by atoms with Gasteiger partial charge < -0.3 is 19.8 Å². The van der Waals surface area contributed by atoms with Gasteiger partial charge in [0.2, 0.25) is 0 Å². The SMILES string of the molecule is CCc1cc(C2(c3c(C)n(CCOC)c4ccccc34)OC(=O)c3ccccc32)c(C)c(CC)c1N. The predicted molar refractivity (Wildman–Crippen MR) is 145 cm³/mol. The summed E-state index contributed by atoms with van der Waals surface area (Å²) in [6, 6.07) is 18.3. The zero-order valence-corrected chi connectivity index (χ0v) is 21.8. The molecule has 1 atom stereocenters. The third-order valence-electron chi connectivity index (χ3n) is 7.83. The van der Waals surface area contributed by atoms with E-state index in [1.54, 1.807) is 7.11 Å². The Morgan fingerprint density at radius 2 is 1.72 bits per heavy atom. The summed E-state index contributed by atoms with van der Waals surface area (Å²) in [6.45, 7) is 9.77. The number of nitrogen functional groups attached to an aromatic ring is 1. The number of hydrogen-bond donors (Lipinski definition) is 1. The number of hydrogen-bond acceptors (Lipinski definition) is 4. The van der Waals surface area contributed by atoms with Gasteiger partial charge in [-0.1, -0.05) is 50.2 Å². The number of fused-ring (bicyclic) bond motifs is 2. The number of cyclic esters (lactones) is 1. The lowest BCUT2D eigenvalue weighted by Crippen LogP contribution is -2.32. The first kappa shape index (κ1) is 24.1.